The number of carbonyl (C=O) groups is 1. The van der Waals surface area contributed by atoms with Gasteiger partial charge in [-0.15, -0.1) is 0 Å². The van der Waals surface area contributed by atoms with Gasteiger partial charge in [0, 0.05) is 31.5 Å². The third-order valence-corrected chi connectivity index (χ3v) is 4.55. The van der Waals surface area contributed by atoms with Crippen LogP contribution in [-0.2, 0) is 11.3 Å². The van der Waals surface area contributed by atoms with Gasteiger partial charge in [-0.3, -0.25) is 0 Å². The van der Waals surface area contributed by atoms with Gasteiger partial charge in [0.2, 0.25) is 0 Å². The molecule has 2 amide bonds. The lowest BCUT2D eigenvalue weighted by atomic mass is 10.1. The third kappa shape index (κ3) is 4.52. The number of aryl methyl sites for hydroxylation is 2. The summed E-state index contributed by atoms with van der Waals surface area (Å²) in [6, 6.07) is 9.74. The zero-order valence-electron chi connectivity index (χ0n) is 15.6. The molecule has 3 rings (SSSR count). The molecule has 2 heterocycles. The van der Waals surface area contributed by atoms with Crippen molar-refractivity contribution in [2.75, 3.05) is 29.9 Å². The quantitative estimate of drug-likeness (QED) is 0.884. The number of amides is 2. The number of anilines is 2. The van der Waals surface area contributed by atoms with E-state index < -0.39 is 0 Å². The van der Waals surface area contributed by atoms with Gasteiger partial charge in [-0.1, -0.05) is 24.3 Å². The molecule has 26 heavy (non-hydrogen) atoms. The number of ether oxygens (including phenoxy) is 1. The highest BCUT2D eigenvalue weighted by molar-refractivity contribution is 5.90. The second-order valence-electron chi connectivity index (χ2n) is 6.73. The second kappa shape index (κ2) is 8.19. The topological polar surface area (TPSA) is 66.5 Å². The lowest BCUT2D eigenvalue weighted by Crippen LogP contribution is -2.41. The van der Waals surface area contributed by atoms with Crippen LogP contribution < -0.4 is 15.5 Å². The van der Waals surface area contributed by atoms with Crippen molar-refractivity contribution in [1.82, 2.24) is 10.3 Å². The molecule has 1 saturated heterocycles. The number of hydrogen-bond acceptors (Lipinski definition) is 4. The lowest BCUT2D eigenvalue weighted by Gasteiger charge is -2.32. The first-order valence-corrected chi connectivity index (χ1v) is 8.95. The molecule has 0 spiro atoms. The van der Waals surface area contributed by atoms with E-state index in [9.17, 15) is 4.79 Å². The zero-order valence-corrected chi connectivity index (χ0v) is 15.6. The van der Waals surface area contributed by atoms with Gasteiger partial charge in [0.1, 0.15) is 5.82 Å². The lowest BCUT2D eigenvalue weighted by molar-refractivity contribution is 0.0529. The fraction of sp³-hybridized carbons (Fsp3) is 0.400. The van der Waals surface area contributed by atoms with Crippen LogP contribution in [0, 0.1) is 13.8 Å². The summed E-state index contributed by atoms with van der Waals surface area (Å²) >= 11 is 0. The first-order valence-electron chi connectivity index (χ1n) is 8.95. The molecule has 1 unspecified atom stereocenters. The maximum atomic E-state index is 12.2. The van der Waals surface area contributed by atoms with Gasteiger partial charge >= 0.3 is 6.03 Å². The van der Waals surface area contributed by atoms with Crippen molar-refractivity contribution in [3.63, 3.8) is 0 Å². The molecule has 2 aromatic rings. The molecule has 1 aliphatic heterocycles. The molecule has 1 aromatic carbocycles. The summed E-state index contributed by atoms with van der Waals surface area (Å²) in [4.78, 5) is 18.9. The van der Waals surface area contributed by atoms with E-state index in [1.54, 1.807) is 0 Å². The molecule has 1 fully saturated rings. The predicted molar refractivity (Wildman–Crippen MR) is 104 cm³/mol. The normalized spacial score (nSPS) is 17.0. The van der Waals surface area contributed by atoms with Crippen LogP contribution in [0.2, 0.25) is 0 Å². The molecule has 6 nitrogen and oxygen atoms in total. The van der Waals surface area contributed by atoms with Crippen LogP contribution in [-0.4, -0.2) is 36.8 Å². The SMILES string of the molecule is Cc1cccc(C)c1NC(=O)NCc1ccc(N2CCOC(C)C2)nc1. The van der Waals surface area contributed by atoms with E-state index in [1.165, 1.54) is 0 Å². The summed E-state index contributed by atoms with van der Waals surface area (Å²) < 4.78 is 5.56. The van der Waals surface area contributed by atoms with Gasteiger partial charge in [-0.05, 0) is 43.5 Å². The summed E-state index contributed by atoms with van der Waals surface area (Å²) in [7, 11) is 0. The van der Waals surface area contributed by atoms with Crippen molar-refractivity contribution in [3.05, 3.63) is 53.2 Å². The smallest absolute Gasteiger partial charge is 0.319 e. The molecule has 1 aliphatic rings. The van der Waals surface area contributed by atoms with Crippen molar-refractivity contribution in [2.24, 2.45) is 0 Å². The van der Waals surface area contributed by atoms with Gasteiger partial charge in [0.15, 0.2) is 0 Å². The highest BCUT2D eigenvalue weighted by Crippen LogP contribution is 2.19. The average molecular weight is 354 g/mol. The van der Waals surface area contributed by atoms with Gasteiger partial charge < -0.3 is 20.3 Å². The molecule has 2 N–H and O–H groups in total. The Hall–Kier alpha value is -2.60. The molecule has 0 saturated carbocycles. The summed E-state index contributed by atoms with van der Waals surface area (Å²) in [5.74, 6) is 0.948. The number of pyridine rings is 1. The second-order valence-corrected chi connectivity index (χ2v) is 6.73. The van der Waals surface area contributed by atoms with E-state index in [-0.39, 0.29) is 12.1 Å². The summed E-state index contributed by atoms with van der Waals surface area (Å²) in [6.07, 6.45) is 2.04. The van der Waals surface area contributed by atoms with Gasteiger partial charge in [0.05, 0.1) is 12.7 Å². The maximum absolute atomic E-state index is 12.2. The van der Waals surface area contributed by atoms with Crippen LogP contribution >= 0.6 is 0 Å². The predicted octanol–water partition coefficient (Wildman–Crippen LogP) is 3.25. The molecule has 6 heteroatoms. The van der Waals surface area contributed by atoms with Crippen molar-refractivity contribution in [2.45, 2.75) is 33.4 Å². The number of benzene rings is 1. The number of carbonyl (C=O) groups excluding carboxylic acids is 1. The maximum Gasteiger partial charge on any atom is 0.319 e. The summed E-state index contributed by atoms with van der Waals surface area (Å²) in [5, 5.41) is 5.81. The fourth-order valence-corrected chi connectivity index (χ4v) is 3.09. The van der Waals surface area contributed by atoms with Gasteiger partial charge in [-0.25, -0.2) is 9.78 Å². The van der Waals surface area contributed by atoms with E-state index in [4.69, 9.17) is 4.74 Å². The number of urea groups is 1. The Kier molecular flexibility index (Phi) is 5.73. The molecule has 0 aliphatic carbocycles. The van der Waals surface area contributed by atoms with Crippen LogP contribution in [0.4, 0.5) is 16.3 Å². The molecule has 0 radical (unpaired) electrons. The van der Waals surface area contributed by atoms with Gasteiger partial charge in [0.25, 0.3) is 0 Å². The van der Waals surface area contributed by atoms with Crippen LogP contribution in [0.1, 0.15) is 23.6 Å². The van der Waals surface area contributed by atoms with E-state index in [1.807, 2.05) is 50.4 Å². The van der Waals surface area contributed by atoms with Crippen LogP contribution in [0.25, 0.3) is 0 Å². The molecule has 1 aromatic heterocycles. The van der Waals surface area contributed by atoms with Crippen LogP contribution in [0.5, 0.6) is 0 Å². The molecular formula is C20H26N4O2. The van der Waals surface area contributed by atoms with E-state index in [0.29, 0.717) is 6.54 Å². The Morgan fingerprint density at radius 3 is 2.69 bits per heavy atom. The minimum absolute atomic E-state index is 0.214. The number of nitrogens with zero attached hydrogens (tertiary/aromatic N) is 2. The Bertz CT molecular complexity index is 741. The molecule has 0 bridgehead atoms. The largest absolute Gasteiger partial charge is 0.375 e. The highest BCUT2D eigenvalue weighted by atomic mass is 16.5. The first-order chi connectivity index (χ1) is 12.5. The van der Waals surface area contributed by atoms with Crippen LogP contribution in [0.3, 0.4) is 0 Å². The summed E-state index contributed by atoms with van der Waals surface area (Å²) in [5.41, 5.74) is 3.92. The third-order valence-electron chi connectivity index (χ3n) is 4.55. The first kappa shape index (κ1) is 18.2. The average Bonchev–Trinajstić information content (AvgIpc) is 2.64. The number of para-hydroxylation sites is 1. The summed E-state index contributed by atoms with van der Waals surface area (Å²) in [6.45, 7) is 8.90. The van der Waals surface area contributed by atoms with E-state index in [0.717, 1.165) is 47.9 Å². The van der Waals surface area contributed by atoms with Crippen molar-refractivity contribution < 1.29 is 9.53 Å². The van der Waals surface area contributed by atoms with Crippen LogP contribution in [0.15, 0.2) is 36.5 Å². The van der Waals surface area contributed by atoms with Crippen molar-refractivity contribution in [3.8, 4) is 0 Å². The Balaban J connectivity index is 1.54. The highest BCUT2D eigenvalue weighted by Gasteiger charge is 2.17. The van der Waals surface area contributed by atoms with Crippen molar-refractivity contribution in [1.29, 1.82) is 0 Å². The Morgan fingerprint density at radius 2 is 2.04 bits per heavy atom. The number of hydrogen-bond donors (Lipinski definition) is 2. The minimum Gasteiger partial charge on any atom is -0.375 e. The minimum atomic E-state index is -0.214. The fourth-order valence-electron chi connectivity index (χ4n) is 3.09. The van der Waals surface area contributed by atoms with E-state index in [2.05, 4.69) is 27.4 Å². The number of nitrogens with one attached hydrogen (secondary N) is 2. The monoisotopic (exact) mass is 354 g/mol. The molecule has 1 atom stereocenters. The number of rotatable bonds is 4. The Labute approximate surface area is 154 Å². The van der Waals surface area contributed by atoms with Gasteiger partial charge in [-0.2, -0.15) is 0 Å². The Morgan fingerprint density at radius 1 is 1.27 bits per heavy atom. The number of aromatic nitrogens is 1. The van der Waals surface area contributed by atoms with Crippen molar-refractivity contribution >= 4 is 17.5 Å². The molecular weight excluding hydrogens is 328 g/mol. The standard InChI is InChI=1S/C20H26N4O2/c1-14-5-4-6-15(2)19(14)23-20(25)22-12-17-7-8-18(21-11-17)24-9-10-26-16(3)13-24/h4-8,11,16H,9-10,12-13H2,1-3H3,(H2,22,23,25). The molecule has 138 valence electrons. The number of morpholine rings is 1. The van der Waals surface area contributed by atoms with E-state index >= 15 is 0 Å². The zero-order chi connectivity index (χ0) is 18.5.